The minimum Gasteiger partial charge on any atom is -0.493 e. The molecule has 0 amide bonds. The second kappa shape index (κ2) is 6.03. The van der Waals surface area contributed by atoms with Crippen molar-refractivity contribution in [2.45, 2.75) is 26.4 Å². The van der Waals surface area contributed by atoms with Gasteiger partial charge in [-0.25, -0.2) is 0 Å². The average molecular weight is 236 g/mol. The molecule has 2 rings (SSSR count). The van der Waals surface area contributed by atoms with Crippen molar-refractivity contribution in [2.24, 2.45) is 5.92 Å². The Morgan fingerprint density at radius 3 is 2.82 bits per heavy atom. The molecule has 17 heavy (non-hydrogen) atoms. The van der Waals surface area contributed by atoms with E-state index in [1.807, 2.05) is 25.1 Å². The summed E-state index contributed by atoms with van der Waals surface area (Å²) in [5, 5.41) is 9.28. The predicted octanol–water partition coefficient (Wildman–Crippen LogP) is 2.29. The van der Waals surface area contributed by atoms with Crippen LogP contribution >= 0.6 is 0 Å². The van der Waals surface area contributed by atoms with Crippen molar-refractivity contribution in [3.63, 3.8) is 0 Å². The Balaban J connectivity index is 1.97. The highest BCUT2D eigenvalue weighted by molar-refractivity contribution is 5.40. The molecule has 3 nitrogen and oxygen atoms in total. The number of hydrogen-bond acceptors (Lipinski definition) is 3. The van der Waals surface area contributed by atoms with Crippen molar-refractivity contribution in [1.29, 1.82) is 0 Å². The first-order chi connectivity index (χ1) is 8.31. The second-order valence-corrected chi connectivity index (χ2v) is 4.59. The summed E-state index contributed by atoms with van der Waals surface area (Å²) in [6.45, 7) is 4.45. The van der Waals surface area contributed by atoms with Gasteiger partial charge in [0.2, 0.25) is 0 Å². The van der Waals surface area contributed by atoms with E-state index >= 15 is 0 Å². The molecule has 1 heterocycles. The first-order valence-electron chi connectivity index (χ1n) is 6.21. The summed E-state index contributed by atoms with van der Waals surface area (Å²) in [7, 11) is 0. The molecular formula is C14H20O3. The van der Waals surface area contributed by atoms with Gasteiger partial charge < -0.3 is 14.6 Å². The van der Waals surface area contributed by atoms with Crippen molar-refractivity contribution in [1.82, 2.24) is 0 Å². The minimum atomic E-state index is 0.0325. The van der Waals surface area contributed by atoms with Gasteiger partial charge in [-0.3, -0.25) is 0 Å². The van der Waals surface area contributed by atoms with E-state index in [9.17, 15) is 5.11 Å². The molecular weight excluding hydrogens is 216 g/mol. The van der Waals surface area contributed by atoms with Crippen LogP contribution in [0.5, 0.6) is 5.75 Å². The zero-order valence-corrected chi connectivity index (χ0v) is 10.3. The van der Waals surface area contributed by atoms with Crippen LogP contribution in [-0.2, 0) is 11.3 Å². The molecule has 1 N–H and O–H groups in total. The van der Waals surface area contributed by atoms with Crippen LogP contribution in [0.25, 0.3) is 0 Å². The Morgan fingerprint density at radius 2 is 2.12 bits per heavy atom. The van der Waals surface area contributed by atoms with Gasteiger partial charge in [-0.2, -0.15) is 0 Å². The van der Waals surface area contributed by atoms with Crippen LogP contribution in [0.1, 0.15) is 24.0 Å². The van der Waals surface area contributed by atoms with Crippen LogP contribution in [-0.4, -0.2) is 24.9 Å². The lowest BCUT2D eigenvalue weighted by molar-refractivity contribution is 0.0493. The third-order valence-electron chi connectivity index (χ3n) is 3.27. The smallest absolute Gasteiger partial charge is 0.127 e. The van der Waals surface area contributed by atoms with E-state index in [1.54, 1.807) is 0 Å². The number of hydrogen-bond donors (Lipinski definition) is 1. The number of benzene rings is 1. The third kappa shape index (κ3) is 3.20. The van der Waals surface area contributed by atoms with Crippen LogP contribution in [0, 0.1) is 12.8 Å². The SMILES string of the molecule is Cc1cccc(CO)c1OCC1CCOCC1. The van der Waals surface area contributed by atoms with Gasteiger partial charge in [0.15, 0.2) is 0 Å². The topological polar surface area (TPSA) is 38.7 Å². The van der Waals surface area contributed by atoms with Gasteiger partial charge in [-0.15, -0.1) is 0 Å². The number of para-hydroxylation sites is 1. The Kier molecular flexibility index (Phi) is 4.40. The van der Waals surface area contributed by atoms with Gasteiger partial charge in [0.25, 0.3) is 0 Å². The van der Waals surface area contributed by atoms with Crippen molar-refractivity contribution in [3.8, 4) is 5.75 Å². The van der Waals surface area contributed by atoms with Gasteiger partial charge in [0, 0.05) is 18.8 Å². The minimum absolute atomic E-state index is 0.0325. The van der Waals surface area contributed by atoms with E-state index in [2.05, 4.69) is 0 Å². The van der Waals surface area contributed by atoms with Crippen molar-refractivity contribution in [3.05, 3.63) is 29.3 Å². The van der Waals surface area contributed by atoms with Crippen molar-refractivity contribution < 1.29 is 14.6 Å². The quantitative estimate of drug-likeness (QED) is 0.871. The normalized spacial score (nSPS) is 17.1. The molecule has 0 unspecified atom stereocenters. The van der Waals surface area contributed by atoms with Gasteiger partial charge in [-0.05, 0) is 31.2 Å². The van der Waals surface area contributed by atoms with Crippen LogP contribution in [0.2, 0.25) is 0 Å². The lowest BCUT2D eigenvalue weighted by atomic mass is 10.0. The predicted molar refractivity (Wildman–Crippen MR) is 66.1 cm³/mol. The van der Waals surface area contributed by atoms with Crippen LogP contribution in [0.3, 0.4) is 0 Å². The maximum absolute atomic E-state index is 9.28. The van der Waals surface area contributed by atoms with Crippen LogP contribution in [0.4, 0.5) is 0 Å². The number of aliphatic hydroxyl groups is 1. The van der Waals surface area contributed by atoms with Crippen LogP contribution in [0.15, 0.2) is 18.2 Å². The van der Waals surface area contributed by atoms with E-state index < -0.39 is 0 Å². The van der Waals surface area contributed by atoms with Gasteiger partial charge in [0.1, 0.15) is 5.75 Å². The van der Waals surface area contributed by atoms with E-state index in [1.165, 1.54) is 0 Å². The number of aliphatic hydroxyl groups excluding tert-OH is 1. The molecule has 3 heteroatoms. The Hall–Kier alpha value is -1.06. The van der Waals surface area contributed by atoms with Gasteiger partial charge in [-0.1, -0.05) is 18.2 Å². The molecule has 1 aliphatic rings. The fourth-order valence-corrected chi connectivity index (χ4v) is 2.16. The van der Waals surface area contributed by atoms with Gasteiger partial charge in [0.05, 0.1) is 13.2 Å². The fourth-order valence-electron chi connectivity index (χ4n) is 2.16. The zero-order valence-electron chi connectivity index (χ0n) is 10.3. The molecule has 1 aliphatic heterocycles. The molecule has 1 aromatic carbocycles. The highest BCUT2D eigenvalue weighted by Crippen LogP contribution is 2.25. The van der Waals surface area contributed by atoms with E-state index in [0.29, 0.717) is 5.92 Å². The molecule has 0 radical (unpaired) electrons. The largest absolute Gasteiger partial charge is 0.493 e. The summed E-state index contributed by atoms with van der Waals surface area (Å²) >= 11 is 0. The summed E-state index contributed by atoms with van der Waals surface area (Å²) < 4.78 is 11.2. The first kappa shape index (κ1) is 12.4. The van der Waals surface area contributed by atoms with Gasteiger partial charge >= 0.3 is 0 Å². The first-order valence-corrected chi connectivity index (χ1v) is 6.21. The highest BCUT2D eigenvalue weighted by atomic mass is 16.5. The average Bonchev–Trinajstić information content (AvgIpc) is 2.38. The molecule has 1 aromatic rings. The van der Waals surface area contributed by atoms with E-state index in [4.69, 9.17) is 9.47 Å². The fraction of sp³-hybridized carbons (Fsp3) is 0.571. The second-order valence-electron chi connectivity index (χ2n) is 4.59. The monoisotopic (exact) mass is 236 g/mol. The number of aryl methyl sites for hydroxylation is 1. The maximum Gasteiger partial charge on any atom is 0.127 e. The molecule has 0 bridgehead atoms. The summed E-state index contributed by atoms with van der Waals surface area (Å²) in [6.07, 6.45) is 2.14. The number of ether oxygens (including phenoxy) is 2. The zero-order chi connectivity index (χ0) is 12.1. The standard InChI is InChI=1S/C14H20O3/c1-11-3-2-4-13(9-15)14(11)17-10-12-5-7-16-8-6-12/h2-4,12,15H,5-10H2,1H3. The third-order valence-corrected chi connectivity index (χ3v) is 3.27. The Morgan fingerprint density at radius 1 is 1.35 bits per heavy atom. The number of rotatable bonds is 4. The molecule has 1 saturated heterocycles. The highest BCUT2D eigenvalue weighted by Gasteiger charge is 2.15. The molecule has 0 spiro atoms. The van der Waals surface area contributed by atoms with E-state index in [-0.39, 0.29) is 6.61 Å². The molecule has 1 fully saturated rings. The van der Waals surface area contributed by atoms with E-state index in [0.717, 1.165) is 49.5 Å². The summed E-state index contributed by atoms with van der Waals surface area (Å²) in [5.74, 6) is 1.43. The summed E-state index contributed by atoms with van der Waals surface area (Å²) in [6, 6.07) is 5.87. The lowest BCUT2D eigenvalue weighted by Gasteiger charge is -2.23. The van der Waals surface area contributed by atoms with Crippen molar-refractivity contribution in [2.75, 3.05) is 19.8 Å². The summed E-state index contributed by atoms with van der Waals surface area (Å²) in [5.41, 5.74) is 1.96. The molecule has 94 valence electrons. The maximum atomic E-state index is 9.28. The molecule has 0 aliphatic carbocycles. The van der Waals surface area contributed by atoms with Crippen molar-refractivity contribution >= 4 is 0 Å². The molecule has 0 aromatic heterocycles. The Bertz CT molecular complexity index is 356. The van der Waals surface area contributed by atoms with Crippen LogP contribution < -0.4 is 4.74 Å². The molecule has 0 atom stereocenters. The summed E-state index contributed by atoms with van der Waals surface area (Å²) in [4.78, 5) is 0. The lowest BCUT2D eigenvalue weighted by Crippen LogP contribution is -2.21. The molecule has 0 saturated carbocycles. The Labute approximate surface area is 102 Å².